The van der Waals surface area contributed by atoms with Gasteiger partial charge in [0.25, 0.3) is 0 Å². The van der Waals surface area contributed by atoms with E-state index in [0.717, 1.165) is 10.8 Å². The second kappa shape index (κ2) is 5.43. The van der Waals surface area contributed by atoms with E-state index in [9.17, 15) is 4.39 Å². The maximum absolute atomic E-state index is 15.0. The number of aromatic nitrogens is 1. The predicted octanol–water partition coefficient (Wildman–Crippen LogP) is 4.57. The zero-order valence-corrected chi connectivity index (χ0v) is 14.2. The summed E-state index contributed by atoms with van der Waals surface area (Å²) >= 11 is 0. The molecule has 0 unspecified atom stereocenters. The van der Waals surface area contributed by atoms with E-state index in [1.54, 1.807) is 13.1 Å². The molecule has 0 radical (unpaired) electrons. The van der Waals surface area contributed by atoms with Crippen molar-refractivity contribution in [1.82, 2.24) is 4.98 Å². The summed E-state index contributed by atoms with van der Waals surface area (Å²) in [5, 5.41) is 1.94. The third-order valence-corrected chi connectivity index (χ3v) is 4.85. The minimum Gasteiger partial charge on any atom is -0.398 e. The van der Waals surface area contributed by atoms with Gasteiger partial charge in [-0.15, -0.1) is 0 Å². The van der Waals surface area contributed by atoms with Gasteiger partial charge in [0.15, 0.2) is 0 Å². The van der Waals surface area contributed by atoms with Crippen molar-refractivity contribution in [3.63, 3.8) is 0 Å². The Morgan fingerprint density at radius 3 is 2.30 bits per heavy atom. The van der Waals surface area contributed by atoms with Crippen LogP contribution < -0.4 is 0 Å². The second-order valence-electron chi connectivity index (χ2n) is 6.94. The van der Waals surface area contributed by atoms with Gasteiger partial charge in [0.1, 0.15) is 5.73 Å². The van der Waals surface area contributed by atoms with Gasteiger partial charge in [-0.1, -0.05) is 24.3 Å². The van der Waals surface area contributed by atoms with E-state index in [2.05, 4.69) is 4.98 Å². The highest BCUT2D eigenvalue weighted by Gasteiger charge is 2.53. The summed E-state index contributed by atoms with van der Waals surface area (Å²) in [4.78, 5) is 4.36. The van der Waals surface area contributed by atoms with Gasteiger partial charge in [-0.3, -0.25) is 4.98 Å². The van der Waals surface area contributed by atoms with Crippen molar-refractivity contribution in [2.45, 2.75) is 45.8 Å². The minimum absolute atomic E-state index is 0.424. The summed E-state index contributed by atoms with van der Waals surface area (Å²) < 4.78 is 26.6. The van der Waals surface area contributed by atoms with E-state index >= 15 is 0 Å². The normalized spacial score (nSPS) is 20.7. The third-order valence-electron chi connectivity index (χ3n) is 4.85. The van der Waals surface area contributed by atoms with Gasteiger partial charge in [0.2, 0.25) is 0 Å². The molecule has 0 N–H and O–H groups in total. The van der Waals surface area contributed by atoms with Crippen molar-refractivity contribution in [2.75, 3.05) is 0 Å². The first kappa shape index (κ1) is 16.2. The van der Waals surface area contributed by atoms with Gasteiger partial charge in [0.05, 0.1) is 16.9 Å². The lowest BCUT2D eigenvalue weighted by Crippen LogP contribution is -2.41. The van der Waals surface area contributed by atoms with Gasteiger partial charge in [-0.2, -0.15) is 0 Å². The number of fused-ring (bicyclic) bond motifs is 1. The van der Waals surface area contributed by atoms with Gasteiger partial charge in [-0.05, 0) is 46.1 Å². The lowest BCUT2D eigenvalue weighted by atomic mass is 9.83. The Morgan fingerprint density at radius 1 is 1.04 bits per heavy atom. The van der Waals surface area contributed by atoms with Gasteiger partial charge in [0, 0.05) is 17.2 Å². The Balaban J connectivity index is 2.04. The number of halogens is 1. The lowest BCUT2D eigenvalue weighted by Gasteiger charge is -2.32. The monoisotopic (exact) mass is 313 g/mol. The van der Waals surface area contributed by atoms with Gasteiger partial charge in [-0.25, -0.2) is 4.39 Å². The molecule has 0 bridgehead atoms. The summed E-state index contributed by atoms with van der Waals surface area (Å²) in [6.07, 6.45) is 1.69. The van der Waals surface area contributed by atoms with Crippen LogP contribution in [0.15, 0.2) is 42.3 Å². The Labute approximate surface area is 136 Å². The van der Waals surface area contributed by atoms with Crippen molar-refractivity contribution in [3.05, 3.63) is 47.9 Å². The van der Waals surface area contributed by atoms with E-state index < -0.39 is 24.0 Å². The fourth-order valence-electron chi connectivity index (χ4n) is 2.65. The Hall–Kier alpha value is -1.72. The first-order chi connectivity index (χ1) is 10.7. The second-order valence-corrected chi connectivity index (χ2v) is 6.94. The molecule has 0 atom stereocenters. The van der Waals surface area contributed by atoms with Crippen molar-refractivity contribution in [1.29, 1.82) is 0 Å². The van der Waals surface area contributed by atoms with Crippen LogP contribution in [-0.2, 0) is 9.31 Å². The standard InChI is InChI=1S/C18H21BFNO2/c1-12(15-14-9-7-6-8-13(14)10-11-21-15)16(20)19-22-17(2,3)18(4,5)23-19/h6-11H,1-5H3. The SMILES string of the molecule is CC(=C(F)B1OC(C)(C)C(C)(C)O1)c1nccc2ccccc12. The zero-order valence-electron chi connectivity index (χ0n) is 14.2. The number of benzene rings is 1. The maximum Gasteiger partial charge on any atom is 0.525 e. The molecule has 0 amide bonds. The highest BCUT2D eigenvalue weighted by molar-refractivity contribution is 6.55. The third kappa shape index (κ3) is 2.68. The molecule has 1 fully saturated rings. The van der Waals surface area contributed by atoms with Crippen LogP contribution in [0.5, 0.6) is 0 Å². The van der Waals surface area contributed by atoms with Crippen molar-refractivity contribution in [3.8, 4) is 0 Å². The first-order valence-corrected chi connectivity index (χ1v) is 7.79. The quantitative estimate of drug-likeness (QED) is 0.761. The fourth-order valence-corrected chi connectivity index (χ4v) is 2.65. The molecule has 1 aliphatic heterocycles. The molecule has 5 heteroatoms. The molecule has 2 aromatic rings. The zero-order chi connectivity index (χ0) is 16.8. The maximum atomic E-state index is 15.0. The molecule has 23 heavy (non-hydrogen) atoms. The van der Waals surface area contributed by atoms with Crippen LogP contribution in [-0.4, -0.2) is 23.3 Å². The molecular formula is C18H21BFNO2. The number of rotatable bonds is 2. The largest absolute Gasteiger partial charge is 0.525 e. The molecule has 1 aromatic carbocycles. The number of pyridine rings is 1. The van der Waals surface area contributed by atoms with E-state index in [1.807, 2.05) is 58.0 Å². The molecule has 0 spiro atoms. The average molecular weight is 313 g/mol. The summed E-state index contributed by atoms with van der Waals surface area (Å²) in [7, 11) is -0.999. The van der Waals surface area contributed by atoms with Crippen LogP contribution in [0.25, 0.3) is 16.3 Å². The van der Waals surface area contributed by atoms with Crippen LogP contribution >= 0.6 is 0 Å². The fraction of sp³-hybridized carbons (Fsp3) is 0.389. The molecule has 2 heterocycles. The molecule has 3 nitrogen and oxygen atoms in total. The lowest BCUT2D eigenvalue weighted by molar-refractivity contribution is 0.00578. The van der Waals surface area contributed by atoms with E-state index in [4.69, 9.17) is 9.31 Å². The van der Waals surface area contributed by atoms with E-state index in [1.165, 1.54) is 0 Å². The summed E-state index contributed by atoms with van der Waals surface area (Å²) in [5.74, 6) is 0. The van der Waals surface area contributed by atoms with Crippen LogP contribution in [0.4, 0.5) is 4.39 Å². The average Bonchev–Trinajstić information content (AvgIpc) is 2.73. The Bertz CT molecular complexity index is 764. The molecule has 1 aliphatic rings. The summed E-state index contributed by atoms with van der Waals surface area (Å²) in [6, 6.07) is 9.72. The highest BCUT2D eigenvalue weighted by Crippen LogP contribution is 2.40. The van der Waals surface area contributed by atoms with E-state index in [0.29, 0.717) is 11.3 Å². The molecule has 0 aliphatic carbocycles. The number of nitrogens with zero attached hydrogens (tertiary/aromatic N) is 1. The van der Waals surface area contributed by atoms with Crippen LogP contribution in [0.2, 0.25) is 0 Å². The van der Waals surface area contributed by atoms with Crippen LogP contribution in [0.1, 0.15) is 40.3 Å². The van der Waals surface area contributed by atoms with Crippen molar-refractivity contribution < 1.29 is 13.7 Å². The highest BCUT2D eigenvalue weighted by atomic mass is 19.1. The van der Waals surface area contributed by atoms with Crippen LogP contribution in [0.3, 0.4) is 0 Å². The minimum atomic E-state index is -0.999. The molecular weight excluding hydrogens is 292 g/mol. The van der Waals surface area contributed by atoms with Gasteiger partial charge >= 0.3 is 7.12 Å². The number of allylic oxidation sites excluding steroid dienone is 1. The topological polar surface area (TPSA) is 31.4 Å². The molecule has 0 saturated carbocycles. The Morgan fingerprint density at radius 2 is 1.65 bits per heavy atom. The molecule has 3 rings (SSSR count). The number of hydrogen-bond donors (Lipinski definition) is 0. The predicted molar refractivity (Wildman–Crippen MR) is 91.5 cm³/mol. The van der Waals surface area contributed by atoms with Gasteiger partial charge < -0.3 is 9.31 Å². The molecule has 120 valence electrons. The summed E-state index contributed by atoms with van der Waals surface area (Å²) in [5.41, 5.74) is -0.494. The van der Waals surface area contributed by atoms with Crippen molar-refractivity contribution in [2.24, 2.45) is 0 Å². The smallest absolute Gasteiger partial charge is 0.398 e. The first-order valence-electron chi connectivity index (χ1n) is 7.79. The Kier molecular flexibility index (Phi) is 3.81. The van der Waals surface area contributed by atoms with Crippen molar-refractivity contribution >= 4 is 23.5 Å². The molecule has 1 aromatic heterocycles. The summed E-state index contributed by atoms with van der Waals surface area (Å²) in [6.45, 7) is 9.35. The number of hydrogen-bond acceptors (Lipinski definition) is 3. The van der Waals surface area contributed by atoms with E-state index in [-0.39, 0.29) is 0 Å². The molecule has 1 saturated heterocycles. The van der Waals surface area contributed by atoms with Crippen LogP contribution in [0, 0.1) is 0 Å².